The number of para-hydroxylation sites is 1. The fourth-order valence-corrected chi connectivity index (χ4v) is 2.41. The minimum absolute atomic E-state index is 0.0519. The van der Waals surface area contributed by atoms with Crippen LogP contribution < -0.4 is 4.90 Å². The predicted octanol–water partition coefficient (Wildman–Crippen LogP) is 1.54. The van der Waals surface area contributed by atoms with Gasteiger partial charge in [-0.1, -0.05) is 6.07 Å². The maximum atomic E-state index is 11.8. The van der Waals surface area contributed by atoms with Gasteiger partial charge in [0.05, 0.1) is 24.8 Å². The summed E-state index contributed by atoms with van der Waals surface area (Å²) < 4.78 is 5.17. The number of halogens is 1. The molecule has 0 bridgehead atoms. The quantitative estimate of drug-likeness (QED) is 0.627. The smallest absolute Gasteiger partial charge is 0.307 e. The van der Waals surface area contributed by atoms with Crippen LogP contribution in [0.4, 0.5) is 5.69 Å². The average molecular weight is 312 g/mol. The molecule has 5 nitrogen and oxygen atoms in total. The van der Waals surface area contributed by atoms with Crippen molar-refractivity contribution in [2.75, 3.05) is 18.6 Å². The first-order valence-corrected chi connectivity index (χ1v) is 6.07. The molecule has 94 valence electrons. The first kappa shape index (κ1) is 12.8. The highest BCUT2D eigenvalue weighted by Gasteiger charge is 2.37. The zero-order valence-electron chi connectivity index (χ0n) is 9.60. The van der Waals surface area contributed by atoms with Crippen LogP contribution in [0.3, 0.4) is 0 Å². The molecule has 0 N–H and O–H groups in total. The Balaban J connectivity index is 2.31. The lowest BCUT2D eigenvalue weighted by Gasteiger charge is -2.16. The monoisotopic (exact) mass is 311 g/mol. The molecule has 0 fully saturated rings. The number of rotatable bonds is 3. The number of nitrogens with zero attached hydrogens (tertiary/aromatic N) is 1. The van der Waals surface area contributed by atoms with Crippen molar-refractivity contribution in [1.29, 1.82) is 0 Å². The number of benzene rings is 1. The van der Waals surface area contributed by atoms with E-state index in [0.29, 0.717) is 15.7 Å². The third kappa shape index (κ3) is 2.03. The molecule has 0 saturated carbocycles. The highest BCUT2D eigenvalue weighted by Crippen LogP contribution is 2.35. The first-order valence-electron chi connectivity index (χ1n) is 5.27. The summed E-state index contributed by atoms with van der Waals surface area (Å²) in [6.07, 6.45) is 0.0519. The molecule has 6 heteroatoms. The minimum Gasteiger partial charge on any atom is -0.469 e. The van der Waals surface area contributed by atoms with Crippen LogP contribution in [0.15, 0.2) is 22.7 Å². The van der Waals surface area contributed by atoms with Gasteiger partial charge in [-0.25, -0.2) is 0 Å². The van der Waals surface area contributed by atoms with Gasteiger partial charge in [0, 0.05) is 11.0 Å². The lowest BCUT2D eigenvalue weighted by molar-refractivity contribution is -0.140. The van der Waals surface area contributed by atoms with Gasteiger partial charge in [0.1, 0.15) is 0 Å². The number of ketones is 1. The molecular formula is C12H10BrNO4. The van der Waals surface area contributed by atoms with Crippen LogP contribution in [-0.2, 0) is 14.3 Å². The molecule has 1 aromatic rings. The number of Topliss-reactive ketones (excluding diaryl/α,β-unsaturated/α-hetero) is 1. The summed E-state index contributed by atoms with van der Waals surface area (Å²) in [6.45, 7) is 0.132. The first-order chi connectivity index (χ1) is 8.56. The molecule has 1 aromatic carbocycles. The Labute approximate surface area is 112 Å². The Kier molecular flexibility index (Phi) is 3.47. The fourth-order valence-electron chi connectivity index (χ4n) is 1.83. The van der Waals surface area contributed by atoms with Crippen LogP contribution in [0.25, 0.3) is 0 Å². The van der Waals surface area contributed by atoms with E-state index in [0.717, 1.165) is 0 Å². The Bertz CT molecular complexity index is 541. The molecule has 0 atom stereocenters. The van der Waals surface area contributed by atoms with Gasteiger partial charge in [-0.3, -0.25) is 14.4 Å². The van der Waals surface area contributed by atoms with E-state index < -0.39 is 17.7 Å². The Hall–Kier alpha value is -1.69. The molecule has 0 saturated heterocycles. The van der Waals surface area contributed by atoms with Gasteiger partial charge in [-0.15, -0.1) is 0 Å². The van der Waals surface area contributed by atoms with E-state index in [1.807, 2.05) is 0 Å². The van der Waals surface area contributed by atoms with E-state index in [1.54, 1.807) is 18.2 Å². The lowest BCUT2D eigenvalue weighted by atomic mass is 10.1. The molecule has 2 rings (SSSR count). The van der Waals surface area contributed by atoms with Crippen molar-refractivity contribution in [2.24, 2.45) is 0 Å². The number of esters is 1. The van der Waals surface area contributed by atoms with E-state index in [9.17, 15) is 14.4 Å². The van der Waals surface area contributed by atoms with Gasteiger partial charge in [0.25, 0.3) is 11.7 Å². The zero-order chi connectivity index (χ0) is 13.3. The molecule has 1 aliphatic rings. The van der Waals surface area contributed by atoms with Gasteiger partial charge in [0.15, 0.2) is 0 Å². The van der Waals surface area contributed by atoms with E-state index in [4.69, 9.17) is 0 Å². The molecule has 0 radical (unpaired) electrons. The molecule has 0 unspecified atom stereocenters. The van der Waals surface area contributed by atoms with Gasteiger partial charge in [0.2, 0.25) is 0 Å². The Morgan fingerprint density at radius 3 is 2.78 bits per heavy atom. The molecular weight excluding hydrogens is 302 g/mol. The highest BCUT2D eigenvalue weighted by molar-refractivity contribution is 9.10. The van der Waals surface area contributed by atoms with E-state index >= 15 is 0 Å². The minimum atomic E-state index is -0.610. The van der Waals surface area contributed by atoms with Crippen LogP contribution in [0.2, 0.25) is 0 Å². The van der Waals surface area contributed by atoms with Crippen LogP contribution in [0.5, 0.6) is 0 Å². The average Bonchev–Trinajstić information content (AvgIpc) is 2.61. The van der Waals surface area contributed by atoms with Crippen LogP contribution in [0.1, 0.15) is 16.8 Å². The topological polar surface area (TPSA) is 63.7 Å². The molecule has 0 aromatic heterocycles. The summed E-state index contributed by atoms with van der Waals surface area (Å²) >= 11 is 3.30. The van der Waals surface area contributed by atoms with Gasteiger partial charge >= 0.3 is 5.97 Å². The molecule has 1 heterocycles. The molecule has 0 spiro atoms. The van der Waals surface area contributed by atoms with E-state index in [1.165, 1.54) is 12.0 Å². The van der Waals surface area contributed by atoms with Crippen LogP contribution in [0, 0.1) is 0 Å². The standard InChI is InChI=1S/C12H10BrNO4/c1-18-9(15)5-6-14-10-7(11(16)12(14)17)3-2-4-8(10)13/h2-4H,5-6H2,1H3. The summed E-state index contributed by atoms with van der Waals surface area (Å²) in [5, 5.41) is 0. The van der Waals surface area contributed by atoms with E-state index in [2.05, 4.69) is 20.7 Å². The van der Waals surface area contributed by atoms with Crippen molar-refractivity contribution in [3.8, 4) is 0 Å². The van der Waals surface area contributed by atoms with Crippen molar-refractivity contribution in [3.63, 3.8) is 0 Å². The summed E-state index contributed by atoms with van der Waals surface area (Å²) in [5.74, 6) is -1.58. The number of anilines is 1. The number of carbonyl (C=O) groups is 3. The van der Waals surface area contributed by atoms with Crippen molar-refractivity contribution < 1.29 is 19.1 Å². The molecule has 0 aliphatic carbocycles. The van der Waals surface area contributed by atoms with Crippen molar-refractivity contribution >= 4 is 39.3 Å². The number of amides is 1. The van der Waals surface area contributed by atoms with Crippen LogP contribution >= 0.6 is 15.9 Å². The van der Waals surface area contributed by atoms with Crippen molar-refractivity contribution in [3.05, 3.63) is 28.2 Å². The van der Waals surface area contributed by atoms with Gasteiger partial charge < -0.3 is 9.64 Å². The highest BCUT2D eigenvalue weighted by atomic mass is 79.9. The van der Waals surface area contributed by atoms with Gasteiger partial charge in [-0.2, -0.15) is 0 Å². The van der Waals surface area contributed by atoms with Crippen LogP contribution in [-0.4, -0.2) is 31.3 Å². The number of hydrogen-bond donors (Lipinski definition) is 0. The molecule has 1 aliphatic heterocycles. The zero-order valence-corrected chi connectivity index (χ0v) is 11.2. The molecule has 1 amide bonds. The summed E-state index contributed by atoms with van der Waals surface area (Å²) in [5.41, 5.74) is 0.885. The number of ether oxygens (including phenoxy) is 1. The predicted molar refractivity (Wildman–Crippen MR) is 67.5 cm³/mol. The normalized spacial score (nSPS) is 13.8. The number of carbonyl (C=O) groups excluding carboxylic acids is 3. The van der Waals surface area contributed by atoms with Crippen molar-refractivity contribution in [2.45, 2.75) is 6.42 Å². The third-order valence-electron chi connectivity index (χ3n) is 2.71. The fraction of sp³-hybridized carbons (Fsp3) is 0.250. The largest absolute Gasteiger partial charge is 0.469 e. The third-order valence-corrected chi connectivity index (χ3v) is 3.35. The summed E-state index contributed by atoms with van der Waals surface area (Å²) in [4.78, 5) is 36.0. The summed E-state index contributed by atoms with van der Waals surface area (Å²) in [7, 11) is 1.28. The SMILES string of the molecule is COC(=O)CCN1C(=O)C(=O)c2cccc(Br)c21. The molecule has 18 heavy (non-hydrogen) atoms. The second-order valence-corrected chi connectivity index (χ2v) is 4.60. The van der Waals surface area contributed by atoms with Gasteiger partial charge in [-0.05, 0) is 28.1 Å². The Morgan fingerprint density at radius 1 is 1.39 bits per heavy atom. The number of methoxy groups -OCH3 is 1. The number of fused-ring (bicyclic) bond motifs is 1. The summed E-state index contributed by atoms with van der Waals surface area (Å²) in [6, 6.07) is 5.03. The lowest BCUT2D eigenvalue weighted by Crippen LogP contribution is -2.32. The second-order valence-electron chi connectivity index (χ2n) is 3.75. The Morgan fingerprint density at radius 2 is 2.11 bits per heavy atom. The van der Waals surface area contributed by atoms with Crippen molar-refractivity contribution in [1.82, 2.24) is 0 Å². The number of hydrogen-bond acceptors (Lipinski definition) is 4. The maximum Gasteiger partial charge on any atom is 0.307 e. The maximum absolute atomic E-state index is 11.8. The van der Waals surface area contributed by atoms with E-state index in [-0.39, 0.29) is 13.0 Å². The second kappa shape index (κ2) is 4.89.